The molecule has 1 nitrogen and oxygen atoms in total. The van der Waals surface area contributed by atoms with Gasteiger partial charge in [-0.05, 0) is 206 Å². The third-order valence-corrected chi connectivity index (χ3v) is 18.2. The minimum absolute atomic E-state index is 0.0748. The summed E-state index contributed by atoms with van der Waals surface area (Å²) in [4.78, 5) is 2.73. The van der Waals surface area contributed by atoms with Crippen LogP contribution < -0.4 is 4.90 Å². The minimum atomic E-state index is 0.0748. The fraction of sp³-hybridized carbons (Fsp3) is 0.433. The number of hydrogen-bond acceptors (Lipinski definition) is 1. The second-order valence-corrected chi connectivity index (χ2v) is 23.5. The zero-order valence-electron chi connectivity index (χ0n) is 38.1. The van der Waals surface area contributed by atoms with Gasteiger partial charge in [-0.2, -0.15) is 0 Å². The van der Waals surface area contributed by atoms with Crippen LogP contribution in [0.25, 0.3) is 33.0 Å². The summed E-state index contributed by atoms with van der Waals surface area (Å²) in [6.07, 6.45) is 11.8. The van der Waals surface area contributed by atoms with Gasteiger partial charge in [0, 0.05) is 22.4 Å². The predicted molar refractivity (Wildman–Crippen MR) is 258 cm³/mol. The van der Waals surface area contributed by atoms with E-state index in [1.165, 1.54) is 130 Å². The molecular formula is C60H65N. The molecule has 0 N–H and O–H groups in total. The second kappa shape index (κ2) is 12.7. The third kappa shape index (κ3) is 5.44. The van der Waals surface area contributed by atoms with Crippen LogP contribution in [0.2, 0.25) is 0 Å². The van der Waals surface area contributed by atoms with E-state index in [4.69, 9.17) is 0 Å². The summed E-state index contributed by atoms with van der Waals surface area (Å²) in [5, 5.41) is 2.59. The number of rotatable bonds is 4. The molecule has 6 aromatic carbocycles. The lowest BCUT2D eigenvalue weighted by atomic mass is 9.43. The van der Waals surface area contributed by atoms with Gasteiger partial charge in [0.05, 0.1) is 5.69 Å². The molecule has 13 rings (SSSR count). The predicted octanol–water partition coefficient (Wildman–Crippen LogP) is 16.4. The fourth-order valence-electron chi connectivity index (χ4n) is 14.8. The molecule has 7 aliphatic carbocycles. The SMILES string of the molecule is CC1(C)CCC(C)(C)c2cc(N(c3ccc4c(c3)C(C)(C)CCC4(C)C)c3cc4c(cc3-c3ccc5ccccc5c3)-c3ccccc3C43C4CC5CC(C4)CC3C5)ccc21. The van der Waals surface area contributed by atoms with Gasteiger partial charge in [-0.25, -0.2) is 0 Å². The van der Waals surface area contributed by atoms with Gasteiger partial charge in [0.15, 0.2) is 0 Å². The van der Waals surface area contributed by atoms with E-state index in [1.807, 2.05) is 0 Å². The summed E-state index contributed by atoms with van der Waals surface area (Å²) in [5.41, 5.74) is 19.4. The Morgan fingerprint density at radius 2 is 0.918 bits per heavy atom. The van der Waals surface area contributed by atoms with E-state index in [2.05, 4.69) is 176 Å². The van der Waals surface area contributed by atoms with Crippen LogP contribution in [0.3, 0.4) is 0 Å². The molecule has 0 saturated heterocycles. The van der Waals surface area contributed by atoms with Crippen molar-refractivity contribution in [1.82, 2.24) is 0 Å². The topological polar surface area (TPSA) is 3.24 Å². The monoisotopic (exact) mass is 800 g/mol. The van der Waals surface area contributed by atoms with Crippen LogP contribution in [0.1, 0.15) is 147 Å². The van der Waals surface area contributed by atoms with Crippen molar-refractivity contribution in [3.63, 3.8) is 0 Å². The van der Waals surface area contributed by atoms with Crippen LogP contribution in [-0.4, -0.2) is 0 Å². The summed E-state index contributed by atoms with van der Waals surface area (Å²) >= 11 is 0. The van der Waals surface area contributed by atoms with E-state index >= 15 is 0 Å². The molecule has 0 unspecified atom stereocenters. The molecule has 0 atom stereocenters. The highest BCUT2D eigenvalue weighted by atomic mass is 15.1. The summed E-state index contributed by atoms with van der Waals surface area (Å²) in [5.74, 6) is 3.22. The van der Waals surface area contributed by atoms with E-state index in [1.54, 1.807) is 11.1 Å². The van der Waals surface area contributed by atoms with Crippen molar-refractivity contribution in [1.29, 1.82) is 0 Å². The molecule has 4 fully saturated rings. The second-order valence-electron chi connectivity index (χ2n) is 23.5. The molecule has 1 spiro atoms. The minimum Gasteiger partial charge on any atom is -0.310 e. The average molecular weight is 800 g/mol. The molecule has 1 heteroatoms. The van der Waals surface area contributed by atoms with E-state index in [0.717, 1.165) is 11.8 Å². The Bertz CT molecular complexity index is 2680. The van der Waals surface area contributed by atoms with Gasteiger partial charge >= 0.3 is 0 Å². The highest BCUT2D eigenvalue weighted by molar-refractivity contribution is 5.98. The van der Waals surface area contributed by atoms with E-state index in [9.17, 15) is 0 Å². The van der Waals surface area contributed by atoms with Gasteiger partial charge in [0.25, 0.3) is 0 Å². The maximum absolute atomic E-state index is 2.77. The van der Waals surface area contributed by atoms with Crippen molar-refractivity contribution >= 4 is 27.8 Å². The number of hydrogen-bond donors (Lipinski definition) is 0. The maximum atomic E-state index is 2.77. The third-order valence-electron chi connectivity index (χ3n) is 18.2. The highest BCUT2D eigenvalue weighted by Crippen LogP contribution is 2.70. The van der Waals surface area contributed by atoms with Gasteiger partial charge in [0.2, 0.25) is 0 Å². The molecule has 0 aromatic heterocycles. The lowest BCUT2D eigenvalue weighted by Gasteiger charge is -2.61. The zero-order chi connectivity index (χ0) is 41.8. The molecule has 6 aromatic rings. The smallest absolute Gasteiger partial charge is 0.0543 e. The fourth-order valence-corrected chi connectivity index (χ4v) is 14.8. The number of nitrogens with zero attached hydrogens (tertiary/aromatic N) is 1. The first-order valence-corrected chi connectivity index (χ1v) is 24.0. The Balaban J connectivity index is 1.18. The van der Waals surface area contributed by atoms with Crippen molar-refractivity contribution in [2.45, 2.75) is 140 Å². The van der Waals surface area contributed by atoms with E-state index in [0.29, 0.717) is 11.8 Å². The first-order valence-electron chi connectivity index (χ1n) is 24.0. The normalized spacial score (nSPS) is 27.7. The van der Waals surface area contributed by atoms with Gasteiger partial charge in [0.1, 0.15) is 0 Å². The summed E-state index contributed by atoms with van der Waals surface area (Å²) in [7, 11) is 0. The van der Waals surface area contributed by atoms with Crippen molar-refractivity contribution in [2.24, 2.45) is 23.7 Å². The molecule has 0 aliphatic heterocycles. The molecule has 61 heavy (non-hydrogen) atoms. The Hall–Kier alpha value is -4.62. The summed E-state index contributed by atoms with van der Waals surface area (Å²) < 4.78 is 0. The molecule has 4 saturated carbocycles. The molecule has 0 heterocycles. The van der Waals surface area contributed by atoms with Crippen molar-refractivity contribution in [3.05, 3.63) is 149 Å². The molecule has 0 amide bonds. The standard InChI is InChI=1S/C60H65N/c1-56(2)23-25-58(5,6)53-33-44(19-21-50(53)56)61(45-20-22-51-54(34-45)59(7,8)26-24-57(51,3)4)55-36-52-48(35-47(55)41-18-17-39-13-9-10-14-40(39)32-41)46-15-11-12-16-49(46)60(52)42-28-37-27-38(30-42)31-43(60)29-37/h9-22,32-38,42-43H,23-31H2,1-8H3. The lowest BCUT2D eigenvalue weighted by Crippen LogP contribution is -2.55. The van der Waals surface area contributed by atoms with Crippen LogP contribution in [0, 0.1) is 23.7 Å². The lowest BCUT2D eigenvalue weighted by molar-refractivity contribution is -0.0399. The van der Waals surface area contributed by atoms with Crippen LogP contribution >= 0.6 is 0 Å². The van der Waals surface area contributed by atoms with Gasteiger partial charge in [-0.15, -0.1) is 0 Å². The Kier molecular flexibility index (Phi) is 7.95. The maximum Gasteiger partial charge on any atom is 0.0543 e. The Morgan fingerprint density at radius 1 is 0.393 bits per heavy atom. The molecule has 0 radical (unpaired) electrons. The van der Waals surface area contributed by atoms with Crippen LogP contribution in [0.4, 0.5) is 17.1 Å². The van der Waals surface area contributed by atoms with Gasteiger partial charge in [-0.3, -0.25) is 0 Å². The van der Waals surface area contributed by atoms with Crippen LogP contribution in [-0.2, 0) is 27.1 Å². The Labute approximate surface area is 366 Å². The highest BCUT2D eigenvalue weighted by Gasteiger charge is 2.61. The first-order chi connectivity index (χ1) is 29.1. The van der Waals surface area contributed by atoms with Crippen molar-refractivity contribution < 1.29 is 0 Å². The largest absolute Gasteiger partial charge is 0.310 e. The molecule has 7 aliphatic rings. The van der Waals surface area contributed by atoms with E-state index < -0.39 is 0 Å². The first kappa shape index (κ1) is 38.1. The van der Waals surface area contributed by atoms with E-state index in [-0.39, 0.29) is 27.1 Å². The number of benzene rings is 6. The molecular weight excluding hydrogens is 735 g/mol. The van der Waals surface area contributed by atoms with Crippen LogP contribution in [0.15, 0.2) is 115 Å². The van der Waals surface area contributed by atoms with Gasteiger partial charge in [-0.1, -0.05) is 128 Å². The number of anilines is 3. The number of fused-ring (bicyclic) bond motifs is 6. The van der Waals surface area contributed by atoms with Crippen molar-refractivity contribution in [2.75, 3.05) is 4.90 Å². The molecule has 310 valence electrons. The molecule has 4 bridgehead atoms. The quantitative estimate of drug-likeness (QED) is 0.172. The van der Waals surface area contributed by atoms with Crippen LogP contribution in [0.5, 0.6) is 0 Å². The average Bonchev–Trinajstić information content (AvgIpc) is 3.52. The van der Waals surface area contributed by atoms with Gasteiger partial charge < -0.3 is 4.90 Å². The summed E-state index contributed by atoms with van der Waals surface area (Å²) in [6.45, 7) is 19.8. The summed E-state index contributed by atoms with van der Waals surface area (Å²) in [6, 6.07) is 46.5. The Morgan fingerprint density at radius 3 is 1.51 bits per heavy atom. The van der Waals surface area contributed by atoms with Crippen molar-refractivity contribution in [3.8, 4) is 22.3 Å². The zero-order valence-corrected chi connectivity index (χ0v) is 38.1.